The van der Waals surface area contributed by atoms with Gasteiger partial charge in [-0.05, 0) is 50.5 Å². The van der Waals surface area contributed by atoms with E-state index in [1.165, 1.54) is 22.4 Å². The van der Waals surface area contributed by atoms with Crippen molar-refractivity contribution in [2.24, 2.45) is 5.92 Å². The van der Waals surface area contributed by atoms with Crippen LogP contribution >= 0.6 is 11.8 Å². The molecule has 3 rings (SSSR count). The van der Waals surface area contributed by atoms with Gasteiger partial charge in [-0.1, -0.05) is 11.8 Å². The number of ether oxygens (including phenoxy) is 1. The van der Waals surface area contributed by atoms with Crippen LogP contribution in [-0.2, 0) is 14.8 Å². The predicted molar refractivity (Wildman–Crippen MR) is 114 cm³/mol. The number of nitrogens with zero attached hydrogens (tertiary/aromatic N) is 3. The van der Waals surface area contributed by atoms with Crippen LogP contribution in [0.2, 0.25) is 0 Å². The van der Waals surface area contributed by atoms with E-state index in [0.717, 1.165) is 5.56 Å². The Balaban J connectivity index is 1.57. The molecule has 1 atom stereocenters. The van der Waals surface area contributed by atoms with Gasteiger partial charge in [-0.25, -0.2) is 13.4 Å². The minimum absolute atomic E-state index is 0.115. The number of hydrogen-bond acceptors (Lipinski definition) is 7. The monoisotopic (exact) mass is 453 g/mol. The molecule has 1 amide bonds. The largest absolute Gasteiger partial charge is 0.494 e. The normalized spacial score (nSPS) is 17.6. The van der Waals surface area contributed by atoms with Crippen LogP contribution < -0.4 is 10.1 Å². The highest BCUT2D eigenvalue weighted by molar-refractivity contribution is 7.99. The number of carbonyl (C=O) groups excluding carboxylic acids is 1. The average molecular weight is 454 g/mol. The van der Waals surface area contributed by atoms with Crippen molar-refractivity contribution in [1.82, 2.24) is 24.8 Å². The summed E-state index contributed by atoms with van der Waals surface area (Å²) in [6, 6.07) is 4.88. The summed E-state index contributed by atoms with van der Waals surface area (Å²) in [6.07, 6.45) is 2.76. The molecule has 0 unspecified atom stereocenters. The number of sulfonamides is 1. The van der Waals surface area contributed by atoms with Crippen LogP contribution in [-0.4, -0.2) is 65.8 Å². The maximum absolute atomic E-state index is 13.1. The Hall–Kier alpha value is -2.11. The van der Waals surface area contributed by atoms with Gasteiger partial charge < -0.3 is 10.1 Å². The van der Waals surface area contributed by atoms with Gasteiger partial charge in [-0.15, -0.1) is 0 Å². The number of thioether (sulfide) groups is 1. The number of hydrogen-bond donors (Lipinski definition) is 2. The minimum Gasteiger partial charge on any atom is -0.494 e. The van der Waals surface area contributed by atoms with Gasteiger partial charge >= 0.3 is 0 Å². The molecular formula is C19H27N5O4S2. The lowest BCUT2D eigenvalue weighted by Gasteiger charge is -2.31. The van der Waals surface area contributed by atoms with Crippen LogP contribution in [0.15, 0.2) is 34.6 Å². The molecule has 2 heterocycles. The van der Waals surface area contributed by atoms with Crippen LogP contribution in [0.1, 0.15) is 25.3 Å². The number of aromatic amines is 1. The van der Waals surface area contributed by atoms with E-state index in [1.54, 1.807) is 18.2 Å². The van der Waals surface area contributed by atoms with Crippen molar-refractivity contribution in [2.75, 3.05) is 32.0 Å². The smallest absolute Gasteiger partial charge is 0.243 e. The molecule has 0 saturated carbocycles. The predicted octanol–water partition coefficient (Wildman–Crippen LogP) is 1.82. The molecule has 1 fully saturated rings. The summed E-state index contributed by atoms with van der Waals surface area (Å²) in [5.41, 5.74) is 0.772. The van der Waals surface area contributed by atoms with Crippen LogP contribution in [0, 0.1) is 12.8 Å². The summed E-state index contributed by atoms with van der Waals surface area (Å²) in [4.78, 5) is 16.8. The zero-order valence-electron chi connectivity index (χ0n) is 17.1. The Kier molecular flexibility index (Phi) is 7.73. The van der Waals surface area contributed by atoms with Crippen molar-refractivity contribution in [2.45, 2.75) is 36.7 Å². The number of amides is 1. The SMILES string of the molecule is CCOc1ccc(S(=O)(=O)N2CCC[C@@H](C(=O)NCCSc3ncn[nH]3)C2)cc1C. The standard InChI is InChI=1S/C19H27N5O4S2/c1-3-28-17-7-6-16(11-14(17)2)30(26,27)24-9-4-5-15(12-24)18(25)20-8-10-29-19-21-13-22-23-19/h6-7,11,13,15H,3-5,8-10,12H2,1-2H3,(H,20,25)(H,21,22,23)/t15-/m1/s1. The quantitative estimate of drug-likeness (QED) is 0.439. The molecule has 1 aromatic heterocycles. The lowest BCUT2D eigenvalue weighted by molar-refractivity contribution is -0.125. The highest BCUT2D eigenvalue weighted by Gasteiger charge is 2.33. The highest BCUT2D eigenvalue weighted by atomic mass is 32.2. The molecule has 0 radical (unpaired) electrons. The van der Waals surface area contributed by atoms with Gasteiger partial charge in [0.1, 0.15) is 12.1 Å². The molecule has 1 saturated heterocycles. The molecule has 9 nitrogen and oxygen atoms in total. The van der Waals surface area contributed by atoms with Crippen LogP contribution in [0.25, 0.3) is 0 Å². The Labute approximate surface area is 181 Å². The highest BCUT2D eigenvalue weighted by Crippen LogP contribution is 2.27. The summed E-state index contributed by atoms with van der Waals surface area (Å²) in [7, 11) is -3.66. The van der Waals surface area contributed by atoms with Crippen LogP contribution in [0.4, 0.5) is 0 Å². The maximum atomic E-state index is 13.1. The number of aryl methyl sites for hydroxylation is 1. The first-order chi connectivity index (χ1) is 14.4. The fourth-order valence-corrected chi connectivity index (χ4v) is 5.60. The number of carbonyl (C=O) groups is 1. The van der Waals surface area contributed by atoms with Gasteiger partial charge in [0.25, 0.3) is 0 Å². The summed E-state index contributed by atoms with van der Waals surface area (Å²) < 4.78 is 33.1. The fourth-order valence-electron chi connectivity index (χ4n) is 3.35. The van der Waals surface area contributed by atoms with Gasteiger partial charge in [-0.3, -0.25) is 9.89 Å². The zero-order chi connectivity index (χ0) is 21.6. The van der Waals surface area contributed by atoms with Crippen molar-refractivity contribution < 1.29 is 17.9 Å². The number of aromatic nitrogens is 3. The Bertz CT molecular complexity index is 950. The van der Waals surface area contributed by atoms with Crippen molar-refractivity contribution in [3.63, 3.8) is 0 Å². The molecule has 0 aliphatic carbocycles. The Morgan fingerprint density at radius 2 is 2.27 bits per heavy atom. The number of rotatable bonds is 9. The van der Waals surface area contributed by atoms with Gasteiger partial charge in [0.15, 0.2) is 5.16 Å². The lowest BCUT2D eigenvalue weighted by atomic mass is 9.99. The number of H-pyrrole nitrogens is 1. The van der Waals surface area contributed by atoms with Crippen LogP contribution in [0.5, 0.6) is 5.75 Å². The second-order valence-corrected chi connectivity index (χ2v) is 10.0. The van der Waals surface area contributed by atoms with Gasteiger partial charge in [0.05, 0.1) is 17.4 Å². The summed E-state index contributed by atoms with van der Waals surface area (Å²) in [6.45, 7) is 5.32. The molecule has 30 heavy (non-hydrogen) atoms. The zero-order valence-corrected chi connectivity index (χ0v) is 18.8. The molecular weight excluding hydrogens is 426 g/mol. The minimum atomic E-state index is -3.66. The van der Waals surface area contributed by atoms with Gasteiger partial charge in [0, 0.05) is 25.4 Å². The molecule has 11 heteroatoms. The second kappa shape index (κ2) is 10.3. The van der Waals surface area contributed by atoms with E-state index in [4.69, 9.17) is 4.74 Å². The fraction of sp³-hybridized carbons (Fsp3) is 0.526. The summed E-state index contributed by atoms with van der Waals surface area (Å²) in [5, 5.41) is 10.1. The third-order valence-corrected chi connectivity index (χ3v) is 7.61. The molecule has 2 N–H and O–H groups in total. The van der Waals surface area contributed by atoms with Crippen molar-refractivity contribution >= 4 is 27.7 Å². The van der Waals surface area contributed by atoms with E-state index in [0.29, 0.717) is 49.2 Å². The van der Waals surface area contributed by atoms with E-state index in [1.807, 2.05) is 13.8 Å². The van der Waals surface area contributed by atoms with Crippen molar-refractivity contribution in [3.8, 4) is 5.75 Å². The third-order valence-electron chi connectivity index (χ3n) is 4.87. The van der Waals surface area contributed by atoms with Gasteiger partial charge in [-0.2, -0.15) is 9.40 Å². The molecule has 1 aromatic carbocycles. The Morgan fingerprint density at radius 1 is 1.43 bits per heavy atom. The first kappa shape index (κ1) is 22.6. The average Bonchev–Trinajstić information content (AvgIpc) is 3.26. The molecule has 0 bridgehead atoms. The first-order valence-corrected chi connectivity index (χ1v) is 12.3. The molecule has 2 aromatic rings. The number of piperidine rings is 1. The molecule has 164 valence electrons. The molecule has 1 aliphatic rings. The Morgan fingerprint density at radius 3 is 2.97 bits per heavy atom. The van der Waals surface area contributed by atoms with E-state index >= 15 is 0 Å². The van der Waals surface area contributed by atoms with Gasteiger partial charge in [0.2, 0.25) is 15.9 Å². The van der Waals surface area contributed by atoms with E-state index < -0.39 is 10.0 Å². The summed E-state index contributed by atoms with van der Waals surface area (Å²) in [5.74, 6) is 0.861. The van der Waals surface area contributed by atoms with Crippen molar-refractivity contribution in [3.05, 3.63) is 30.1 Å². The van der Waals surface area contributed by atoms with Crippen LogP contribution in [0.3, 0.4) is 0 Å². The topological polar surface area (TPSA) is 117 Å². The molecule has 1 aliphatic heterocycles. The van der Waals surface area contributed by atoms with Crippen molar-refractivity contribution in [1.29, 1.82) is 0 Å². The maximum Gasteiger partial charge on any atom is 0.243 e. The molecule has 0 spiro atoms. The lowest BCUT2D eigenvalue weighted by Crippen LogP contribution is -2.45. The second-order valence-electron chi connectivity index (χ2n) is 6.99. The number of nitrogens with one attached hydrogen (secondary N) is 2. The van der Waals surface area contributed by atoms with E-state index in [9.17, 15) is 13.2 Å². The third kappa shape index (κ3) is 5.52. The first-order valence-electron chi connectivity index (χ1n) is 9.91. The summed E-state index contributed by atoms with van der Waals surface area (Å²) >= 11 is 1.46. The van der Waals surface area contributed by atoms with E-state index in [2.05, 4.69) is 20.5 Å². The van der Waals surface area contributed by atoms with E-state index in [-0.39, 0.29) is 23.3 Å². The number of benzene rings is 1.